The molecular weight excluding hydrogens is 208 g/mol. The largest absolute Gasteiger partial charge is 0.480 e. The van der Waals surface area contributed by atoms with E-state index in [2.05, 4.69) is 31.0 Å². The number of rotatable bonds is 6. The van der Waals surface area contributed by atoms with Crippen LogP contribution in [0.2, 0.25) is 0 Å². The Morgan fingerprint density at radius 3 is 2.25 bits per heavy atom. The van der Waals surface area contributed by atoms with E-state index >= 15 is 0 Å². The van der Waals surface area contributed by atoms with E-state index in [4.69, 9.17) is 5.11 Å². The highest BCUT2D eigenvalue weighted by molar-refractivity contribution is 5.81. The number of carboxylic acid groups (broad SMARTS) is 1. The van der Waals surface area contributed by atoms with Crippen molar-refractivity contribution < 1.29 is 14.7 Å². The number of nitrogens with zero attached hydrogens (tertiary/aromatic N) is 1. The third-order valence-corrected chi connectivity index (χ3v) is 2.38. The number of hydrogen-bond acceptors (Lipinski definition) is 3. The van der Waals surface area contributed by atoms with Crippen molar-refractivity contribution in [2.75, 3.05) is 19.6 Å². The van der Waals surface area contributed by atoms with Crippen LogP contribution in [0.1, 0.15) is 34.1 Å². The highest BCUT2D eigenvalue weighted by Crippen LogP contribution is 2.12. The fourth-order valence-electron chi connectivity index (χ4n) is 1.47. The predicted molar refractivity (Wildman–Crippen MR) is 62.3 cm³/mol. The van der Waals surface area contributed by atoms with Crippen molar-refractivity contribution >= 4 is 11.9 Å². The van der Waals surface area contributed by atoms with E-state index in [0.29, 0.717) is 13.0 Å². The molecule has 0 aliphatic carbocycles. The van der Waals surface area contributed by atoms with E-state index in [1.54, 1.807) is 0 Å². The molecule has 0 bridgehead atoms. The number of carbonyl (C=O) groups excluding carboxylic acids is 1. The Kier molecular flexibility index (Phi) is 6.03. The van der Waals surface area contributed by atoms with Crippen LogP contribution in [0, 0.1) is 0 Å². The van der Waals surface area contributed by atoms with Gasteiger partial charge in [-0.05, 0) is 27.3 Å². The van der Waals surface area contributed by atoms with Crippen LogP contribution in [0.25, 0.3) is 0 Å². The van der Waals surface area contributed by atoms with Crippen molar-refractivity contribution in [2.45, 2.75) is 39.7 Å². The van der Waals surface area contributed by atoms with Gasteiger partial charge < -0.3 is 10.4 Å². The van der Waals surface area contributed by atoms with Crippen molar-refractivity contribution in [2.24, 2.45) is 0 Å². The zero-order valence-corrected chi connectivity index (χ0v) is 10.5. The summed E-state index contributed by atoms with van der Waals surface area (Å²) in [7, 11) is 0. The Balaban J connectivity index is 3.94. The van der Waals surface area contributed by atoms with Gasteiger partial charge >= 0.3 is 5.97 Å². The average molecular weight is 230 g/mol. The molecule has 0 rings (SSSR count). The van der Waals surface area contributed by atoms with Crippen LogP contribution >= 0.6 is 0 Å². The summed E-state index contributed by atoms with van der Waals surface area (Å²) < 4.78 is 0. The third-order valence-electron chi connectivity index (χ3n) is 2.38. The summed E-state index contributed by atoms with van der Waals surface area (Å²) >= 11 is 0. The summed E-state index contributed by atoms with van der Waals surface area (Å²) in [5.74, 6) is -1.23. The molecule has 16 heavy (non-hydrogen) atoms. The summed E-state index contributed by atoms with van der Waals surface area (Å²) in [5, 5.41) is 10.7. The van der Waals surface area contributed by atoms with Crippen molar-refractivity contribution in [3.63, 3.8) is 0 Å². The lowest BCUT2D eigenvalue weighted by molar-refractivity contribution is -0.138. The quantitative estimate of drug-likeness (QED) is 0.704. The second-order valence-corrected chi connectivity index (χ2v) is 4.67. The van der Waals surface area contributed by atoms with Gasteiger partial charge in [0.05, 0.1) is 0 Å². The van der Waals surface area contributed by atoms with Gasteiger partial charge in [-0.25, -0.2) is 0 Å². The van der Waals surface area contributed by atoms with Crippen molar-refractivity contribution in [1.29, 1.82) is 0 Å². The van der Waals surface area contributed by atoms with E-state index in [9.17, 15) is 9.59 Å². The SMILES string of the molecule is CCN(CCC(=O)NCC(=O)O)C(C)(C)C. The number of carbonyl (C=O) groups is 2. The first-order valence-electron chi connectivity index (χ1n) is 5.51. The minimum atomic E-state index is -1.02. The second kappa shape index (κ2) is 6.48. The molecule has 0 aliphatic heterocycles. The first-order valence-corrected chi connectivity index (χ1v) is 5.51. The molecule has 5 heteroatoms. The molecule has 0 radical (unpaired) electrons. The summed E-state index contributed by atoms with van der Waals surface area (Å²) in [4.78, 5) is 23.7. The van der Waals surface area contributed by atoms with Gasteiger partial charge in [0.1, 0.15) is 6.54 Å². The topological polar surface area (TPSA) is 69.6 Å². The lowest BCUT2D eigenvalue weighted by Crippen LogP contribution is -2.43. The second-order valence-electron chi connectivity index (χ2n) is 4.67. The number of carboxylic acids is 1. The molecule has 0 fully saturated rings. The Hall–Kier alpha value is -1.10. The molecule has 0 aromatic heterocycles. The maximum absolute atomic E-state index is 11.3. The summed E-state index contributed by atoms with van der Waals surface area (Å²) in [5.41, 5.74) is 0.0296. The van der Waals surface area contributed by atoms with Gasteiger partial charge in [-0.2, -0.15) is 0 Å². The lowest BCUT2D eigenvalue weighted by Gasteiger charge is -2.34. The van der Waals surface area contributed by atoms with E-state index in [-0.39, 0.29) is 18.0 Å². The molecule has 0 saturated carbocycles. The number of aliphatic carboxylic acids is 1. The molecular formula is C11H22N2O3. The van der Waals surface area contributed by atoms with E-state index in [1.807, 2.05) is 6.92 Å². The Bertz CT molecular complexity index is 246. The first-order chi connectivity index (χ1) is 7.27. The van der Waals surface area contributed by atoms with Crippen LogP contribution in [0.3, 0.4) is 0 Å². The normalized spacial score (nSPS) is 11.6. The van der Waals surface area contributed by atoms with E-state index in [1.165, 1.54) is 0 Å². The summed E-state index contributed by atoms with van der Waals surface area (Å²) in [6, 6.07) is 0. The maximum Gasteiger partial charge on any atom is 0.322 e. The molecule has 2 N–H and O–H groups in total. The molecule has 0 spiro atoms. The van der Waals surface area contributed by atoms with Gasteiger partial charge in [0.25, 0.3) is 0 Å². The van der Waals surface area contributed by atoms with E-state index in [0.717, 1.165) is 6.54 Å². The smallest absolute Gasteiger partial charge is 0.322 e. The Morgan fingerprint density at radius 2 is 1.88 bits per heavy atom. The van der Waals surface area contributed by atoms with Gasteiger partial charge in [0.2, 0.25) is 5.91 Å². The molecule has 0 aromatic rings. The number of hydrogen-bond donors (Lipinski definition) is 2. The maximum atomic E-state index is 11.3. The molecule has 0 saturated heterocycles. The molecule has 0 heterocycles. The Labute approximate surface area is 96.8 Å². The first kappa shape index (κ1) is 14.9. The van der Waals surface area contributed by atoms with Crippen molar-refractivity contribution in [1.82, 2.24) is 10.2 Å². The van der Waals surface area contributed by atoms with Gasteiger partial charge in [0, 0.05) is 18.5 Å². The van der Waals surface area contributed by atoms with Gasteiger partial charge in [-0.1, -0.05) is 6.92 Å². The number of amides is 1. The highest BCUT2D eigenvalue weighted by atomic mass is 16.4. The molecule has 94 valence electrons. The fourth-order valence-corrected chi connectivity index (χ4v) is 1.47. The number of nitrogens with one attached hydrogen (secondary N) is 1. The molecule has 0 unspecified atom stereocenters. The van der Waals surface area contributed by atoms with Crippen LogP contribution in [-0.2, 0) is 9.59 Å². The van der Waals surface area contributed by atoms with Crippen LogP contribution in [0.4, 0.5) is 0 Å². The molecule has 1 amide bonds. The van der Waals surface area contributed by atoms with Crippen LogP contribution in [-0.4, -0.2) is 47.1 Å². The average Bonchev–Trinajstić information content (AvgIpc) is 2.13. The van der Waals surface area contributed by atoms with E-state index < -0.39 is 5.97 Å². The van der Waals surface area contributed by atoms with Gasteiger partial charge in [0.15, 0.2) is 0 Å². The molecule has 0 aromatic carbocycles. The fraction of sp³-hybridized carbons (Fsp3) is 0.818. The van der Waals surface area contributed by atoms with Crippen LogP contribution in [0.15, 0.2) is 0 Å². The van der Waals surface area contributed by atoms with Crippen LogP contribution < -0.4 is 5.32 Å². The summed E-state index contributed by atoms with van der Waals surface area (Å²) in [6.07, 6.45) is 0.332. The lowest BCUT2D eigenvalue weighted by atomic mass is 10.1. The Morgan fingerprint density at radius 1 is 1.31 bits per heavy atom. The predicted octanol–water partition coefficient (Wildman–Crippen LogP) is 0.698. The van der Waals surface area contributed by atoms with Gasteiger partial charge in [-0.15, -0.1) is 0 Å². The minimum absolute atomic E-state index is 0.0296. The molecule has 5 nitrogen and oxygen atoms in total. The zero-order chi connectivity index (χ0) is 12.8. The third kappa shape index (κ3) is 6.40. The standard InChI is InChI=1S/C11H22N2O3/c1-5-13(11(2,3)4)7-6-9(14)12-8-10(15)16/h5-8H2,1-4H3,(H,12,14)(H,15,16). The summed E-state index contributed by atoms with van der Waals surface area (Å²) in [6.45, 7) is 9.52. The molecule has 0 atom stereocenters. The minimum Gasteiger partial charge on any atom is -0.480 e. The van der Waals surface area contributed by atoms with Crippen molar-refractivity contribution in [3.8, 4) is 0 Å². The molecule has 0 aliphatic rings. The monoisotopic (exact) mass is 230 g/mol. The highest BCUT2D eigenvalue weighted by Gasteiger charge is 2.19. The van der Waals surface area contributed by atoms with Gasteiger partial charge in [-0.3, -0.25) is 14.5 Å². The van der Waals surface area contributed by atoms with Crippen molar-refractivity contribution in [3.05, 3.63) is 0 Å². The zero-order valence-electron chi connectivity index (χ0n) is 10.5. The van der Waals surface area contributed by atoms with Crippen LogP contribution in [0.5, 0.6) is 0 Å².